The molecule has 178 valence electrons. The molecule has 35 heavy (non-hydrogen) atoms. The average Bonchev–Trinajstić information content (AvgIpc) is 3.36. The second kappa shape index (κ2) is 11.8. The zero-order valence-corrected chi connectivity index (χ0v) is 20.8. The first-order chi connectivity index (χ1) is 17.0. The number of benzene rings is 2. The molecule has 3 N–H and O–H groups in total. The van der Waals surface area contributed by atoms with Gasteiger partial charge in [0, 0.05) is 29.3 Å². The van der Waals surface area contributed by atoms with Gasteiger partial charge in [0.2, 0.25) is 5.95 Å². The second-order valence-corrected chi connectivity index (χ2v) is 9.39. The van der Waals surface area contributed by atoms with Crippen molar-refractivity contribution in [2.45, 2.75) is 13.0 Å². The van der Waals surface area contributed by atoms with E-state index in [1.807, 2.05) is 42.5 Å². The van der Waals surface area contributed by atoms with Gasteiger partial charge in [-0.1, -0.05) is 59.6 Å². The topological polar surface area (TPSA) is 96.0 Å². The van der Waals surface area contributed by atoms with Gasteiger partial charge in [0.15, 0.2) is 0 Å². The number of halogens is 2. The molecule has 4 aromatic rings. The molecule has 0 radical (unpaired) electrons. The van der Waals surface area contributed by atoms with Crippen molar-refractivity contribution >= 4 is 52.4 Å². The minimum Gasteiger partial charge on any atom is -0.351 e. The number of carbonyl (C=O) groups excluding carboxylic acids is 2. The predicted molar refractivity (Wildman–Crippen MR) is 140 cm³/mol. The molecule has 0 saturated heterocycles. The normalized spacial score (nSPS) is 10.6. The Kier molecular flexibility index (Phi) is 8.31. The van der Waals surface area contributed by atoms with Gasteiger partial charge < -0.3 is 10.6 Å². The largest absolute Gasteiger partial charge is 0.351 e. The summed E-state index contributed by atoms with van der Waals surface area (Å²) in [5.74, 6) is -0.00802. The maximum Gasteiger partial charge on any atom is 0.321 e. The van der Waals surface area contributed by atoms with E-state index in [1.165, 1.54) is 11.3 Å². The van der Waals surface area contributed by atoms with Crippen LogP contribution >= 0.6 is 34.5 Å². The molecule has 3 amide bonds. The first-order valence-electron chi connectivity index (χ1n) is 10.7. The van der Waals surface area contributed by atoms with Gasteiger partial charge in [-0.15, -0.1) is 11.3 Å². The molecule has 0 saturated carbocycles. The molecule has 2 heterocycles. The first kappa shape index (κ1) is 24.7. The number of rotatable bonds is 8. The number of nitrogens with zero attached hydrogens (tertiary/aromatic N) is 2. The van der Waals surface area contributed by atoms with E-state index in [2.05, 4.69) is 25.9 Å². The number of thiophene rings is 1. The third kappa shape index (κ3) is 7.02. The van der Waals surface area contributed by atoms with Crippen LogP contribution in [0.3, 0.4) is 0 Å². The van der Waals surface area contributed by atoms with Gasteiger partial charge >= 0.3 is 6.03 Å². The standard InChI is InChI=1S/C25H21Cl2N5O2S/c26-18-7-6-17(19(27)14-18)10-12-28-23(33)22-9-8-21(35-22)20-11-13-29-24(31-20)32-25(34)30-15-16-4-2-1-3-5-16/h1-9,11,13-14H,10,12,15H2,(H,28,33)(H2,29,30,31,32,34). The van der Waals surface area contributed by atoms with E-state index in [9.17, 15) is 9.59 Å². The van der Waals surface area contributed by atoms with Crippen molar-refractivity contribution in [2.75, 3.05) is 11.9 Å². The summed E-state index contributed by atoms with van der Waals surface area (Å²) in [7, 11) is 0. The van der Waals surface area contributed by atoms with Crippen LogP contribution in [-0.4, -0.2) is 28.5 Å². The number of hydrogen-bond donors (Lipinski definition) is 3. The maximum atomic E-state index is 12.6. The molecule has 0 atom stereocenters. The Bertz CT molecular complexity index is 1330. The number of urea groups is 1. The van der Waals surface area contributed by atoms with Crippen LogP contribution < -0.4 is 16.0 Å². The Balaban J connectivity index is 1.31. The fourth-order valence-corrected chi connectivity index (χ4v) is 4.60. The highest BCUT2D eigenvalue weighted by molar-refractivity contribution is 7.17. The van der Waals surface area contributed by atoms with Crippen molar-refractivity contribution in [3.63, 3.8) is 0 Å². The molecule has 0 bridgehead atoms. The number of nitrogens with one attached hydrogen (secondary N) is 3. The van der Waals surface area contributed by atoms with Crippen molar-refractivity contribution in [1.82, 2.24) is 20.6 Å². The molecule has 0 aliphatic rings. The zero-order chi connectivity index (χ0) is 24.6. The van der Waals surface area contributed by atoms with Gasteiger partial charge in [-0.3, -0.25) is 10.1 Å². The van der Waals surface area contributed by atoms with Crippen LogP contribution in [0.4, 0.5) is 10.7 Å². The lowest BCUT2D eigenvalue weighted by Crippen LogP contribution is -2.29. The summed E-state index contributed by atoms with van der Waals surface area (Å²) >= 11 is 13.4. The molecule has 10 heteroatoms. The van der Waals surface area contributed by atoms with E-state index >= 15 is 0 Å². The van der Waals surface area contributed by atoms with E-state index in [-0.39, 0.29) is 11.9 Å². The molecular weight excluding hydrogens is 505 g/mol. The highest BCUT2D eigenvalue weighted by Gasteiger charge is 2.13. The van der Waals surface area contributed by atoms with Crippen molar-refractivity contribution in [3.8, 4) is 10.6 Å². The molecule has 2 aromatic carbocycles. The van der Waals surface area contributed by atoms with Crippen molar-refractivity contribution in [2.24, 2.45) is 0 Å². The lowest BCUT2D eigenvalue weighted by atomic mass is 10.1. The predicted octanol–water partition coefficient (Wildman–Crippen LogP) is 5.81. The van der Waals surface area contributed by atoms with E-state index < -0.39 is 6.03 Å². The molecule has 7 nitrogen and oxygen atoms in total. The van der Waals surface area contributed by atoms with Crippen LogP contribution in [0.1, 0.15) is 20.8 Å². The van der Waals surface area contributed by atoms with E-state index in [0.29, 0.717) is 40.1 Å². The Morgan fingerprint density at radius 1 is 0.943 bits per heavy atom. The van der Waals surface area contributed by atoms with Crippen LogP contribution in [0.5, 0.6) is 0 Å². The van der Waals surface area contributed by atoms with Gasteiger partial charge in [-0.05, 0) is 47.9 Å². The first-order valence-corrected chi connectivity index (χ1v) is 12.3. The number of aromatic nitrogens is 2. The smallest absolute Gasteiger partial charge is 0.321 e. The number of hydrogen-bond acceptors (Lipinski definition) is 5. The third-order valence-corrected chi connectivity index (χ3v) is 6.65. The SMILES string of the molecule is O=C(NCc1ccccc1)Nc1nccc(-c2ccc(C(=O)NCCc3ccc(Cl)cc3Cl)s2)n1. The summed E-state index contributed by atoms with van der Waals surface area (Å²) in [4.78, 5) is 34.6. The van der Waals surface area contributed by atoms with E-state index in [4.69, 9.17) is 23.2 Å². The fraction of sp³-hybridized carbons (Fsp3) is 0.120. The Labute approximate surface area is 216 Å². The zero-order valence-electron chi connectivity index (χ0n) is 18.4. The van der Waals surface area contributed by atoms with Crippen LogP contribution in [0.2, 0.25) is 10.0 Å². The lowest BCUT2D eigenvalue weighted by molar-refractivity contribution is 0.0958. The molecule has 0 spiro atoms. The fourth-order valence-electron chi connectivity index (χ4n) is 3.20. The Morgan fingerprint density at radius 3 is 2.57 bits per heavy atom. The van der Waals surface area contributed by atoms with Crippen LogP contribution in [0.15, 0.2) is 72.9 Å². The second-order valence-electron chi connectivity index (χ2n) is 7.46. The summed E-state index contributed by atoms with van der Waals surface area (Å²) in [5.41, 5.74) is 2.50. The van der Waals surface area contributed by atoms with Crippen LogP contribution in [0, 0.1) is 0 Å². The Hall–Kier alpha value is -3.46. The summed E-state index contributed by atoms with van der Waals surface area (Å²) in [6.45, 7) is 0.826. The summed E-state index contributed by atoms with van der Waals surface area (Å²) in [6.07, 6.45) is 2.15. The molecule has 0 fully saturated rings. The maximum absolute atomic E-state index is 12.6. The van der Waals surface area contributed by atoms with Crippen LogP contribution in [-0.2, 0) is 13.0 Å². The minimum absolute atomic E-state index is 0.173. The van der Waals surface area contributed by atoms with E-state index in [0.717, 1.165) is 16.0 Å². The van der Waals surface area contributed by atoms with Crippen molar-refractivity contribution in [3.05, 3.63) is 99.0 Å². The van der Waals surface area contributed by atoms with Gasteiger partial charge in [0.25, 0.3) is 5.91 Å². The Morgan fingerprint density at radius 2 is 1.77 bits per heavy atom. The number of carbonyl (C=O) groups is 2. The van der Waals surface area contributed by atoms with E-state index in [1.54, 1.807) is 30.5 Å². The highest BCUT2D eigenvalue weighted by Crippen LogP contribution is 2.27. The molecule has 4 rings (SSSR count). The van der Waals surface area contributed by atoms with Crippen LogP contribution in [0.25, 0.3) is 10.6 Å². The summed E-state index contributed by atoms with van der Waals surface area (Å²) in [6, 6.07) is 19.8. The summed E-state index contributed by atoms with van der Waals surface area (Å²) < 4.78 is 0. The molecule has 0 aliphatic heterocycles. The number of anilines is 1. The monoisotopic (exact) mass is 525 g/mol. The molecular formula is C25H21Cl2N5O2S. The number of amides is 3. The average molecular weight is 526 g/mol. The third-order valence-electron chi connectivity index (χ3n) is 4.95. The van der Waals surface area contributed by atoms with Crippen molar-refractivity contribution < 1.29 is 9.59 Å². The van der Waals surface area contributed by atoms with Gasteiger partial charge in [-0.25, -0.2) is 14.8 Å². The van der Waals surface area contributed by atoms with Gasteiger partial charge in [-0.2, -0.15) is 0 Å². The van der Waals surface area contributed by atoms with Gasteiger partial charge in [0.1, 0.15) is 0 Å². The lowest BCUT2D eigenvalue weighted by Gasteiger charge is -2.07. The molecule has 2 aromatic heterocycles. The quantitative estimate of drug-likeness (QED) is 0.270. The molecule has 0 aliphatic carbocycles. The highest BCUT2D eigenvalue weighted by atomic mass is 35.5. The van der Waals surface area contributed by atoms with Crippen molar-refractivity contribution in [1.29, 1.82) is 0 Å². The minimum atomic E-state index is -0.405. The molecule has 0 unspecified atom stereocenters. The van der Waals surface area contributed by atoms with Gasteiger partial charge in [0.05, 0.1) is 15.4 Å². The summed E-state index contributed by atoms with van der Waals surface area (Å²) in [5, 5.41) is 9.46.